The number of nitrogens with one attached hydrogen (secondary N) is 1. The first-order valence-electron chi connectivity index (χ1n) is 7.16. The Hall–Kier alpha value is -1.79. The van der Waals surface area contributed by atoms with E-state index in [4.69, 9.17) is 5.11 Å². The molecular weight excluding hydrogens is 298 g/mol. The lowest BCUT2D eigenvalue weighted by Crippen LogP contribution is -2.38. The van der Waals surface area contributed by atoms with Crippen molar-refractivity contribution in [1.29, 1.82) is 0 Å². The summed E-state index contributed by atoms with van der Waals surface area (Å²) in [6.07, 6.45) is 5.63. The third kappa shape index (κ3) is 3.69. The zero-order valence-corrected chi connectivity index (χ0v) is 13.8. The molecule has 0 aliphatic heterocycles. The number of hydrogen-bond donors (Lipinski definition) is 2. The molecule has 2 unspecified atom stereocenters. The fraction of sp³-hybridized carbons (Fsp3) is 0.375. The molecule has 0 bridgehead atoms. The van der Waals surface area contributed by atoms with Crippen molar-refractivity contribution in [2.75, 3.05) is 12.9 Å². The molecule has 1 aromatic heterocycles. The second-order valence-corrected chi connectivity index (χ2v) is 6.03. The predicted octanol–water partition coefficient (Wildman–Crippen LogP) is 2.34. The molecule has 1 heterocycles. The number of nitrogens with zero attached hydrogens (tertiary/aromatic N) is 2. The number of imidazole rings is 1. The molecule has 0 fully saturated rings. The van der Waals surface area contributed by atoms with E-state index in [0.29, 0.717) is 5.56 Å². The maximum Gasteiger partial charge on any atom is 0.251 e. The number of rotatable bonds is 6. The molecule has 2 N–H and O–H groups in total. The summed E-state index contributed by atoms with van der Waals surface area (Å²) in [4.78, 5) is 16.4. The molecule has 118 valence electrons. The molecule has 0 aliphatic rings. The number of aliphatic hydroxyl groups is 1. The Morgan fingerprint density at radius 1 is 1.36 bits per heavy atom. The van der Waals surface area contributed by atoms with Gasteiger partial charge < -0.3 is 10.4 Å². The second kappa shape index (κ2) is 7.47. The van der Waals surface area contributed by atoms with Gasteiger partial charge in [0, 0.05) is 36.3 Å². The summed E-state index contributed by atoms with van der Waals surface area (Å²) < 4.78 is 1.98. The molecule has 5 nitrogen and oxygen atoms in total. The minimum atomic E-state index is -0.130. The second-order valence-electron chi connectivity index (χ2n) is 5.25. The number of amides is 1. The lowest BCUT2D eigenvalue weighted by atomic mass is 10.0. The number of carbonyl (C=O) groups is 1. The summed E-state index contributed by atoms with van der Waals surface area (Å²) in [7, 11) is 0. The Bertz CT molecular complexity index is 625. The van der Waals surface area contributed by atoms with Gasteiger partial charge in [-0.1, -0.05) is 18.7 Å². The highest BCUT2D eigenvalue weighted by atomic mass is 32.2. The summed E-state index contributed by atoms with van der Waals surface area (Å²) in [6, 6.07) is 7.32. The molecule has 1 aromatic carbocycles. The van der Waals surface area contributed by atoms with Gasteiger partial charge in [0.25, 0.3) is 5.91 Å². The van der Waals surface area contributed by atoms with E-state index in [-0.39, 0.29) is 24.5 Å². The standard InChI is InChI=1S/C16H21N3O2S/c1-11(10-20)12(2)18-15(21)13-4-6-14(7-5-13)19-9-8-17-16(19)22-3/h4-9,11-12,20H,10H2,1-3H3,(H,18,21). The Morgan fingerprint density at radius 2 is 2.05 bits per heavy atom. The number of aliphatic hydroxyl groups excluding tert-OH is 1. The topological polar surface area (TPSA) is 67.2 Å². The largest absolute Gasteiger partial charge is 0.396 e. The number of thioether (sulfide) groups is 1. The minimum absolute atomic E-state index is 0.0262. The zero-order chi connectivity index (χ0) is 16.1. The van der Waals surface area contributed by atoms with E-state index < -0.39 is 0 Å². The molecule has 0 radical (unpaired) electrons. The van der Waals surface area contributed by atoms with Crippen LogP contribution in [0.4, 0.5) is 0 Å². The van der Waals surface area contributed by atoms with Gasteiger partial charge in [-0.05, 0) is 43.4 Å². The quantitative estimate of drug-likeness (QED) is 0.802. The van der Waals surface area contributed by atoms with E-state index in [2.05, 4.69) is 10.3 Å². The van der Waals surface area contributed by atoms with Gasteiger partial charge in [-0.15, -0.1) is 0 Å². The van der Waals surface area contributed by atoms with Gasteiger partial charge in [-0.3, -0.25) is 9.36 Å². The van der Waals surface area contributed by atoms with Gasteiger partial charge in [0.2, 0.25) is 0 Å². The Balaban J connectivity index is 2.10. The van der Waals surface area contributed by atoms with Crippen molar-refractivity contribution >= 4 is 17.7 Å². The number of benzene rings is 1. The molecule has 0 saturated carbocycles. The monoisotopic (exact) mass is 319 g/mol. The highest BCUT2D eigenvalue weighted by Gasteiger charge is 2.15. The van der Waals surface area contributed by atoms with Gasteiger partial charge in [0.15, 0.2) is 5.16 Å². The summed E-state index contributed by atoms with van der Waals surface area (Å²) in [5.74, 6) is -0.103. The maximum absolute atomic E-state index is 12.2. The minimum Gasteiger partial charge on any atom is -0.396 e. The van der Waals surface area contributed by atoms with E-state index >= 15 is 0 Å². The van der Waals surface area contributed by atoms with Crippen LogP contribution in [0.2, 0.25) is 0 Å². The van der Waals surface area contributed by atoms with Crippen molar-refractivity contribution in [3.05, 3.63) is 42.2 Å². The van der Waals surface area contributed by atoms with Crippen molar-refractivity contribution in [3.63, 3.8) is 0 Å². The number of aromatic nitrogens is 2. The normalized spacial score (nSPS) is 13.6. The van der Waals surface area contributed by atoms with Crippen LogP contribution >= 0.6 is 11.8 Å². The van der Waals surface area contributed by atoms with Crippen LogP contribution in [-0.4, -0.2) is 39.5 Å². The number of hydrogen-bond acceptors (Lipinski definition) is 4. The van der Waals surface area contributed by atoms with Crippen LogP contribution in [0, 0.1) is 5.92 Å². The van der Waals surface area contributed by atoms with Gasteiger partial charge in [0.05, 0.1) is 0 Å². The molecule has 2 rings (SSSR count). The fourth-order valence-corrected chi connectivity index (χ4v) is 2.53. The maximum atomic E-state index is 12.2. The SMILES string of the molecule is CSc1nccn1-c1ccc(C(=O)NC(C)C(C)CO)cc1. The van der Waals surface area contributed by atoms with Crippen LogP contribution in [0.5, 0.6) is 0 Å². The van der Waals surface area contributed by atoms with Crippen molar-refractivity contribution < 1.29 is 9.90 Å². The molecule has 0 spiro atoms. The summed E-state index contributed by atoms with van der Waals surface area (Å²) >= 11 is 1.57. The molecule has 1 amide bonds. The van der Waals surface area contributed by atoms with Crippen LogP contribution in [0.1, 0.15) is 24.2 Å². The molecule has 6 heteroatoms. The van der Waals surface area contributed by atoms with E-state index in [1.807, 2.05) is 43.0 Å². The summed E-state index contributed by atoms with van der Waals surface area (Å²) in [6.45, 7) is 3.85. The summed E-state index contributed by atoms with van der Waals surface area (Å²) in [5.41, 5.74) is 1.57. The van der Waals surface area contributed by atoms with Crippen molar-refractivity contribution in [1.82, 2.24) is 14.9 Å². The van der Waals surface area contributed by atoms with Crippen molar-refractivity contribution in [3.8, 4) is 5.69 Å². The smallest absolute Gasteiger partial charge is 0.251 e. The van der Waals surface area contributed by atoms with E-state index in [0.717, 1.165) is 10.8 Å². The highest BCUT2D eigenvalue weighted by molar-refractivity contribution is 7.98. The average molecular weight is 319 g/mol. The Labute approximate surface area is 134 Å². The molecule has 2 aromatic rings. The van der Waals surface area contributed by atoms with Gasteiger partial charge >= 0.3 is 0 Å². The third-order valence-corrected chi connectivity index (χ3v) is 4.36. The lowest BCUT2D eigenvalue weighted by molar-refractivity contribution is 0.0916. The van der Waals surface area contributed by atoms with Gasteiger partial charge in [-0.2, -0.15) is 0 Å². The third-order valence-electron chi connectivity index (χ3n) is 3.70. The van der Waals surface area contributed by atoms with Gasteiger partial charge in [0.1, 0.15) is 0 Å². The van der Waals surface area contributed by atoms with Crippen LogP contribution < -0.4 is 5.32 Å². The van der Waals surface area contributed by atoms with Crippen molar-refractivity contribution in [2.45, 2.75) is 25.0 Å². The molecule has 0 saturated heterocycles. The molecular formula is C16H21N3O2S. The first kappa shape index (κ1) is 16.6. The predicted molar refractivity (Wildman–Crippen MR) is 88.5 cm³/mol. The lowest BCUT2D eigenvalue weighted by Gasteiger charge is -2.19. The molecule has 22 heavy (non-hydrogen) atoms. The first-order valence-corrected chi connectivity index (χ1v) is 8.38. The highest BCUT2D eigenvalue weighted by Crippen LogP contribution is 2.18. The Morgan fingerprint density at radius 3 is 2.64 bits per heavy atom. The van der Waals surface area contributed by atoms with E-state index in [1.165, 1.54) is 0 Å². The Kier molecular flexibility index (Phi) is 5.63. The van der Waals surface area contributed by atoms with Gasteiger partial charge in [-0.25, -0.2) is 4.98 Å². The fourth-order valence-electron chi connectivity index (χ4n) is 2.00. The van der Waals surface area contributed by atoms with E-state index in [9.17, 15) is 4.79 Å². The zero-order valence-electron chi connectivity index (χ0n) is 13.0. The summed E-state index contributed by atoms with van der Waals surface area (Å²) in [5, 5.41) is 12.9. The van der Waals surface area contributed by atoms with Crippen LogP contribution in [0.15, 0.2) is 41.8 Å². The van der Waals surface area contributed by atoms with Crippen molar-refractivity contribution in [2.24, 2.45) is 5.92 Å². The van der Waals surface area contributed by atoms with Crippen LogP contribution in [0.25, 0.3) is 5.69 Å². The van der Waals surface area contributed by atoms with Crippen LogP contribution in [-0.2, 0) is 0 Å². The van der Waals surface area contributed by atoms with E-state index in [1.54, 1.807) is 30.1 Å². The van der Waals surface area contributed by atoms with Crippen LogP contribution in [0.3, 0.4) is 0 Å². The number of carbonyl (C=O) groups excluding carboxylic acids is 1. The average Bonchev–Trinajstić information content (AvgIpc) is 3.02. The first-order chi connectivity index (χ1) is 10.6. The molecule has 2 atom stereocenters. The molecule has 0 aliphatic carbocycles.